The van der Waals surface area contributed by atoms with E-state index in [0.29, 0.717) is 12.3 Å². The molecule has 0 bridgehead atoms. The molecule has 0 saturated carbocycles. The number of aromatic nitrogens is 4. The predicted molar refractivity (Wildman–Crippen MR) is 91.9 cm³/mol. The molecule has 0 spiro atoms. The third-order valence-corrected chi connectivity index (χ3v) is 4.55. The molecule has 3 heterocycles. The van der Waals surface area contributed by atoms with Crippen molar-refractivity contribution >= 4 is 0 Å². The summed E-state index contributed by atoms with van der Waals surface area (Å²) in [6.07, 6.45) is 0. The Balaban J connectivity index is 1.70. The minimum atomic E-state index is 0.225. The van der Waals surface area contributed by atoms with Crippen LogP contribution >= 0.6 is 0 Å². The standard InChI is InChI=1S/C19H14N4O2/c1-11-16(17(22-25-11)12-5-3-2-4-6-12)19-21-20-18-15-9-14(24)8-7-13(15)10-23(18)19/h2-9,24H,10H2,1H3. The van der Waals surface area contributed by atoms with Gasteiger partial charge < -0.3 is 14.2 Å². The van der Waals surface area contributed by atoms with E-state index in [4.69, 9.17) is 4.52 Å². The maximum absolute atomic E-state index is 9.77. The zero-order valence-electron chi connectivity index (χ0n) is 13.5. The fourth-order valence-corrected chi connectivity index (χ4v) is 3.35. The third kappa shape index (κ3) is 2.00. The molecule has 122 valence electrons. The summed E-state index contributed by atoms with van der Waals surface area (Å²) in [7, 11) is 0. The topological polar surface area (TPSA) is 77.0 Å². The zero-order valence-corrected chi connectivity index (χ0v) is 13.5. The number of phenols is 1. The summed E-state index contributed by atoms with van der Waals surface area (Å²) in [6.45, 7) is 2.54. The van der Waals surface area contributed by atoms with Crippen molar-refractivity contribution in [2.24, 2.45) is 0 Å². The minimum absolute atomic E-state index is 0.225. The third-order valence-electron chi connectivity index (χ3n) is 4.55. The van der Waals surface area contributed by atoms with Crippen LogP contribution in [-0.2, 0) is 6.54 Å². The molecule has 1 aliphatic heterocycles. The van der Waals surface area contributed by atoms with Gasteiger partial charge in [-0.05, 0) is 24.6 Å². The van der Waals surface area contributed by atoms with E-state index in [1.54, 1.807) is 12.1 Å². The lowest BCUT2D eigenvalue weighted by Gasteiger charge is -2.04. The second-order valence-electron chi connectivity index (χ2n) is 6.10. The molecule has 0 saturated heterocycles. The van der Waals surface area contributed by atoms with Crippen LogP contribution < -0.4 is 0 Å². The van der Waals surface area contributed by atoms with Gasteiger partial charge in [-0.25, -0.2) is 0 Å². The number of aryl methyl sites for hydroxylation is 1. The van der Waals surface area contributed by atoms with E-state index in [2.05, 4.69) is 15.4 Å². The van der Waals surface area contributed by atoms with E-state index in [0.717, 1.165) is 39.6 Å². The van der Waals surface area contributed by atoms with Crippen molar-refractivity contribution in [3.05, 3.63) is 59.9 Å². The van der Waals surface area contributed by atoms with E-state index in [-0.39, 0.29) is 5.75 Å². The number of aromatic hydroxyl groups is 1. The normalized spacial score (nSPS) is 12.2. The van der Waals surface area contributed by atoms with Crippen LogP contribution in [0.25, 0.3) is 34.0 Å². The summed E-state index contributed by atoms with van der Waals surface area (Å²) in [4.78, 5) is 0. The Labute approximate surface area is 143 Å². The maximum Gasteiger partial charge on any atom is 0.170 e. The molecule has 2 aromatic heterocycles. The Kier molecular flexibility index (Phi) is 2.82. The Morgan fingerprint density at radius 3 is 2.68 bits per heavy atom. The van der Waals surface area contributed by atoms with Crippen molar-refractivity contribution < 1.29 is 9.63 Å². The summed E-state index contributed by atoms with van der Waals surface area (Å²) in [5.41, 5.74) is 4.60. The first-order chi connectivity index (χ1) is 12.2. The molecule has 0 aliphatic carbocycles. The van der Waals surface area contributed by atoms with Gasteiger partial charge in [-0.2, -0.15) is 0 Å². The second kappa shape index (κ2) is 5.04. The highest BCUT2D eigenvalue weighted by molar-refractivity contribution is 5.80. The molecule has 6 nitrogen and oxygen atoms in total. The number of hydrogen-bond acceptors (Lipinski definition) is 5. The van der Waals surface area contributed by atoms with E-state index in [1.165, 1.54) is 0 Å². The van der Waals surface area contributed by atoms with E-state index < -0.39 is 0 Å². The van der Waals surface area contributed by atoms with Gasteiger partial charge in [0, 0.05) is 11.1 Å². The first-order valence-electron chi connectivity index (χ1n) is 8.00. The lowest BCUT2D eigenvalue weighted by atomic mass is 10.1. The lowest BCUT2D eigenvalue weighted by Crippen LogP contribution is -1.98. The largest absolute Gasteiger partial charge is 0.508 e. The minimum Gasteiger partial charge on any atom is -0.508 e. The molecule has 6 heteroatoms. The monoisotopic (exact) mass is 330 g/mol. The van der Waals surface area contributed by atoms with E-state index in [9.17, 15) is 5.11 Å². The van der Waals surface area contributed by atoms with Gasteiger partial charge >= 0.3 is 0 Å². The SMILES string of the molecule is Cc1onc(-c2ccccc2)c1-c1nnc2n1Cc1ccc(O)cc1-2. The van der Waals surface area contributed by atoms with Gasteiger partial charge in [0.2, 0.25) is 0 Å². The first kappa shape index (κ1) is 14.0. The van der Waals surface area contributed by atoms with Crippen molar-refractivity contribution in [3.8, 4) is 39.8 Å². The number of nitrogens with zero attached hydrogens (tertiary/aromatic N) is 4. The van der Waals surface area contributed by atoms with Crippen LogP contribution in [0.15, 0.2) is 53.1 Å². The highest BCUT2D eigenvalue weighted by Gasteiger charge is 2.28. The Bertz CT molecular complexity index is 1100. The quantitative estimate of drug-likeness (QED) is 0.535. The molecule has 4 aromatic rings. The molecule has 0 unspecified atom stereocenters. The van der Waals surface area contributed by atoms with Crippen LogP contribution in [0.4, 0.5) is 0 Å². The summed E-state index contributed by atoms with van der Waals surface area (Å²) < 4.78 is 7.50. The molecular formula is C19H14N4O2. The molecule has 25 heavy (non-hydrogen) atoms. The van der Waals surface area contributed by atoms with Crippen molar-refractivity contribution in [1.82, 2.24) is 19.9 Å². The van der Waals surface area contributed by atoms with Crippen LogP contribution in [0.5, 0.6) is 5.75 Å². The number of fused-ring (bicyclic) bond motifs is 3. The van der Waals surface area contributed by atoms with Gasteiger partial charge in [0.1, 0.15) is 17.2 Å². The van der Waals surface area contributed by atoms with E-state index >= 15 is 0 Å². The number of hydrogen-bond donors (Lipinski definition) is 1. The average molecular weight is 330 g/mol. The molecule has 1 N–H and O–H groups in total. The molecule has 2 aromatic carbocycles. The summed E-state index contributed by atoms with van der Waals surface area (Å²) >= 11 is 0. The zero-order chi connectivity index (χ0) is 17.0. The van der Waals surface area contributed by atoms with Gasteiger partial charge in [-0.3, -0.25) is 0 Å². The Morgan fingerprint density at radius 1 is 1.04 bits per heavy atom. The van der Waals surface area contributed by atoms with Crippen molar-refractivity contribution in [2.75, 3.05) is 0 Å². The highest BCUT2D eigenvalue weighted by Crippen LogP contribution is 2.39. The molecule has 0 atom stereocenters. The van der Waals surface area contributed by atoms with Crippen molar-refractivity contribution in [1.29, 1.82) is 0 Å². The fraction of sp³-hybridized carbons (Fsp3) is 0.105. The highest BCUT2D eigenvalue weighted by atomic mass is 16.5. The number of rotatable bonds is 2. The van der Waals surface area contributed by atoms with Crippen molar-refractivity contribution in [3.63, 3.8) is 0 Å². The van der Waals surface area contributed by atoms with Gasteiger partial charge in [-0.1, -0.05) is 41.6 Å². The van der Waals surface area contributed by atoms with Crippen LogP contribution in [0.1, 0.15) is 11.3 Å². The van der Waals surface area contributed by atoms with Crippen LogP contribution in [0.3, 0.4) is 0 Å². The molecule has 5 rings (SSSR count). The van der Waals surface area contributed by atoms with Gasteiger partial charge in [0.05, 0.1) is 12.1 Å². The molecule has 0 amide bonds. The lowest BCUT2D eigenvalue weighted by molar-refractivity contribution is 0.400. The maximum atomic E-state index is 9.77. The van der Waals surface area contributed by atoms with Crippen molar-refractivity contribution in [2.45, 2.75) is 13.5 Å². The van der Waals surface area contributed by atoms with Gasteiger partial charge in [0.25, 0.3) is 0 Å². The summed E-state index contributed by atoms with van der Waals surface area (Å²) in [5.74, 6) is 2.40. The number of benzene rings is 2. The first-order valence-corrected chi connectivity index (χ1v) is 8.00. The fourth-order valence-electron chi connectivity index (χ4n) is 3.35. The van der Waals surface area contributed by atoms with E-state index in [1.807, 2.05) is 47.9 Å². The van der Waals surface area contributed by atoms with Gasteiger partial charge in [-0.15, -0.1) is 10.2 Å². The molecule has 0 radical (unpaired) electrons. The summed E-state index contributed by atoms with van der Waals surface area (Å²) in [6, 6.07) is 15.2. The molecule has 1 aliphatic rings. The van der Waals surface area contributed by atoms with Crippen LogP contribution in [-0.4, -0.2) is 25.0 Å². The predicted octanol–water partition coefficient (Wildman–Crippen LogP) is 3.64. The van der Waals surface area contributed by atoms with Crippen LogP contribution in [0.2, 0.25) is 0 Å². The average Bonchev–Trinajstić information content (AvgIpc) is 3.29. The molecule has 0 fully saturated rings. The number of phenolic OH excluding ortho intramolecular Hbond substituents is 1. The molecular weight excluding hydrogens is 316 g/mol. The summed E-state index contributed by atoms with van der Waals surface area (Å²) in [5, 5.41) is 22.7. The Hall–Kier alpha value is -3.41. The second-order valence-corrected chi connectivity index (χ2v) is 6.10. The Morgan fingerprint density at radius 2 is 1.84 bits per heavy atom. The van der Waals surface area contributed by atoms with Crippen LogP contribution in [0, 0.1) is 6.92 Å². The van der Waals surface area contributed by atoms with Gasteiger partial charge in [0.15, 0.2) is 11.6 Å². The smallest absolute Gasteiger partial charge is 0.170 e.